The third kappa shape index (κ3) is 27.2. The number of alkyl halides is 2. The number of hydrogen-bond acceptors (Lipinski definition) is 7. The number of quaternary nitrogens is 2. The molecule has 3 N–H and O–H groups in total. The van der Waals surface area contributed by atoms with Crippen molar-refractivity contribution in [3.8, 4) is 33.8 Å². The quantitative estimate of drug-likeness (QED) is 0.0155. The molecule has 1 aliphatic carbocycles. The molecule has 0 radical (unpaired) electrons. The zero-order valence-electron chi connectivity index (χ0n) is 58.4. The summed E-state index contributed by atoms with van der Waals surface area (Å²) < 4.78 is 26.0. The number of allylic oxidation sites excluding steroid dienone is 5. The zero-order chi connectivity index (χ0) is 66.2. The fourth-order valence-electron chi connectivity index (χ4n) is 10.2. The zero-order valence-corrected chi connectivity index (χ0v) is 59.9. The molecule has 3 aliphatic rings. The van der Waals surface area contributed by atoms with Crippen molar-refractivity contribution in [1.29, 1.82) is 0 Å². The van der Waals surface area contributed by atoms with Crippen LogP contribution in [0.1, 0.15) is 171 Å². The van der Waals surface area contributed by atoms with Crippen molar-refractivity contribution in [2.45, 2.75) is 145 Å². The Labute approximate surface area is 550 Å². The van der Waals surface area contributed by atoms with Crippen molar-refractivity contribution < 1.29 is 28.3 Å². The maximum Gasteiger partial charge on any atom is 0.119 e. The second kappa shape index (κ2) is 45.3. The summed E-state index contributed by atoms with van der Waals surface area (Å²) in [4.78, 5) is 16.5. The van der Waals surface area contributed by atoms with Crippen LogP contribution >= 0.6 is 23.2 Å². The predicted octanol–water partition coefficient (Wildman–Crippen LogP) is 18.8. The number of aromatic amines is 1. The van der Waals surface area contributed by atoms with E-state index in [4.69, 9.17) is 28.9 Å². The molecule has 7 rings (SSSR count). The number of benzene rings is 2. The van der Waals surface area contributed by atoms with Crippen LogP contribution < -0.4 is 19.7 Å². The molecule has 490 valence electrons. The maximum atomic E-state index is 6.36. The van der Waals surface area contributed by atoms with Crippen molar-refractivity contribution in [1.82, 2.24) is 20.3 Å². The number of hydrogen-bond donors (Lipinski definition) is 3. The van der Waals surface area contributed by atoms with Gasteiger partial charge in [-0.1, -0.05) is 141 Å². The second-order valence-electron chi connectivity index (χ2n) is 23.0. The van der Waals surface area contributed by atoms with Crippen molar-refractivity contribution in [3.63, 3.8) is 0 Å². The molecule has 0 saturated carbocycles. The lowest BCUT2D eigenvalue weighted by Crippen LogP contribution is -3.05. The molecule has 89 heavy (non-hydrogen) atoms. The van der Waals surface area contributed by atoms with E-state index in [0.29, 0.717) is 19.8 Å². The van der Waals surface area contributed by atoms with Crippen LogP contribution in [-0.2, 0) is 9.47 Å². The molecule has 4 aromatic rings. The number of nitrogens with one attached hydrogen (secondary N) is 3. The highest BCUT2D eigenvalue weighted by molar-refractivity contribution is 6.15. The van der Waals surface area contributed by atoms with Gasteiger partial charge in [0, 0.05) is 71.4 Å². The Morgan fingerprint density at radius 2 is 1.16 bits per heavy atom. The molecule has 2 aliphatic heterocycles. The summed E-state index contributed by atoms with van der Waals surface area (Å²) in [5.41, 5.74) is 15.2. The Kier molecular flexibility index (Phi) is 40.3. The van der Waals surface area contributed by atoms with Crippen LogP contribution in [-0.4, -0.2) is 127 Å². The molecule has 2 aromatic carbocycles. The first-order valence-electron chi connectivity index (χ1n) is 32.9. The van der Waals surface area contributed by atoms with Gasteiger partial charge in [0.05, 0.1) is 97.0 Å². The average molecular weight is 1260 g/mol. The SMILES string of the molecule is C/C=C(\C=C/C(C)c1c2nc(c(C3=CCC(OCCC)C=C3)c(C)ccc(C)c(-c3ccc(OCCC[N+](C)(C)C)cc3)c3nc(c(-c4ccc(OCCC[NH+](C)C)cc4)c4ccc1[nH]4)C=C3)C=C2)OCCCCCCCC.CC.CC.CCl.CCl.CNC. The van der Waals surface area contributed by atoms with Gasteiger partial charge in [-0.2, -0.15) is 0 Å². The summed E-state index contributed by atoms with van der Waals surface area (Å²) in [5, 5.41) is 2.75. The van der Waals surface area contributed by atoms with Crippen LogP contribution in [0.15, 0.2) is 115 Å². The number of aryl methyl sites for hydroxylation is 2. The van der Waals surface area contributed by atoms with Gasteiger partial charge >= 0.3 is 0 Å². The highest BCUT2D eigenvalue weighted by atomic mass is 35.5. The third-order valence-corrected chi connectivity index (χ3v) is 14.5. The molecule has 10 nitrogen and oxygen atoms in total. The molecule has 0 amide bonds. The molecule has 0 spiro atoms. The Balaban J connectivity index is 0.00000231. The Hall–Kier alpha value is -5.98. The molecule has 0 saturated heterocycles. The minimum Gasteiger partial charge on any atom is -0.494 e. The topological polar surface area (TPSA) is 95.0 Å². The predicted molar refractivity (Wildman–Crippen MR) is 391 cm³/mol. The molecule has 12 heteroatoms. The number of rotatable bonds is 27. The van der Waals surface area contributed by atoms with Gasteiger partial charge in [-0.05, 0) is 155 Å². The van der Waals surface area contributed by atoms with E-state index in [-0.39, 0.29) is 12.0 Å². The largest absolute Gasteiger partial charge is 0.494 e. The van der Waals surface area contributed by atoms with Crippen molar-refractivity contribution in [3.05, 3.63) is 160 Å². The second-order valence-corrected chi connectivity index (χ2v) is 23.0. The summed E-state index contributed by atoms with van der Waals surface area (Å²) in [5.74, 6) is 2.55. The first kappa shape index (κ1) is 79.1. The lowest BCUT2D eigenvalue weighted by Gasteiger charge is -2.23. The van der Waals surface area contributed by atoms with E-state index in [0.717, 1.165) is 157 Å². The number of aromatic nitrogens is 3. The van der Waals surface area contributed by atoms with Crippen LogP contribution in [0.4, 0.5) is 0 Å². The number of fused-ring (bicyclic) bond motifs is 6. The van der Waals surface area contributed by atoms with Gasteiger partial charge in [0.25, 0.3) is 0 Å². The molecule has 0 fully saturated rings. The number of H-pyrrole nitrogens is 1. The van der Waals surface area contributed by atoms with Crippen LogP contribution in [0.5, 0.6) is 11.5 Å². The van der Waals surface area contributed by atoms with Gasteiger partial charge in [-0.3, -0.25) is 0 Å². The molecular weight excluding hydrogens is 1140 g/mol. The molecule has 2 aromatic heterocycles. The standard InChI is InChI=1S/C69H90N5O4.C2H7N.2C2H6.2CH3Cl/c1-12-15-16-17-18-19-47-76-56(14-3)31-24-52(6)68-62-40-38-60(70-62)66(53-25-32-57(33-26-53)75-46-13-2)50(4)22-23-51(5)67(54-27-34-59(35-28-54)78-49-21-45-74(9,10)11)61-39-42-64(71-61)69(65-43-41-63(68)72-65)55-29-36-58(37-30-55)77-48-20-44-73(7)8;1-3-2;4*1-2/h14,22-32,34-43,52,57,72H,12-13,15-21,33,44-49H2,1-11H3;3H,1-2H3;2*1-2H3;2*1H3/q+1;;;;;/p+1/b23-22?,31-24-,50-22?,51-23?,56-14+,66-50?,66-60?,67-51?,67-61?,68-62?,68-63?,69-64?,69-65?;;;;;. The molecule has 2 unspecified atom stereocenters. The van der Waals surface area contributed by atoms with E-state index in [1.807, 2.05) is 41.8 Å². The van der Waals surface area contributed by atoms with Gasteiger partial charge in [0.1, 0.15) is 17.3 Å². The number of nitrogens with zero attached hydrogens (tertiary/aromatic N) is 3. The van der Waals surface area contributed by atoms with Crippen LogP contribution in [0, 0.1) is 13.8 Å². The normalized spacial score (nSPS) is 13.4. The van der Waals surface area contributed by atoms with Crippen LogP contribution in [0.2, 0.25) is 0 Å². The Bertz CT molecular complexity index is 3040. The Morgan fingerprint density at radius 3 is 1.71 bits per heavy atom. The van der Waals surface area contributed by atoms with Gasteiger partial charge in [0.2, 0.25) is 0 Å². The number of unbranched alkanes of at least 4 members (excludes halogenated alkanes) is 5. The first-order chi connectivity index (χ1) is 43.2. The minimum absolute atomic E-state index is 0.0424. The number of ether oxygens (including phenoxy) is 4. The van der Waals surface area contributed by atoms with Gasteiger partial charge in [-0.15, -0.1) is 23.2 Å². The maximum absolute atomic E-state index is 6.36. The van der Waals surface area contributed by atoms with Crippen molar-refractivity contribution in [2.75, 3.05) is 102 Å². The van der Waals surface area contributed by atoms with E-state index in [1.54, 1.807) is 0 Å². The molecular formula is C77H116Cl2N6O4+2. The lowest BCUT2D eigenvalue weighted by atomic mass is 9.94. The lowest BCUT2D eigenvalue weighted by molar-refractivity contribution is -0.870. The average Bonchev–Trinajstić information content (AvgIpc) is 2.92. The third-order valence-electron chi connectivity index (χ3n) is 14.5. The summed E-state index contributed by atoms with van der Waals surface area (Å²) in [6, 6.07) is 25.9. The van der Waals surface area contributed by atoms with Crippen molar-refractivity contribution >= 4 is 64.1 Å². The monoisotopic (exact) mass is 1260 g/mol. The smallest absolute Gasteiger partial charge is 0.119 e. The number of halogens is 2. The summed E-state index contributed by atoms with van der Waals surface area (Å²) in [6.07, 6.45) is 36.0. The molecule has 4 heterocycles. The summed E-state index contributed by atoms with van der Waals surface area (Å²) in [7, 11) is 14.8. The summed E-state index contributed by atoms with van der Waals surface area (Å²) in [6.45, 7) is 26.0. The van der Waals surface area contributed by atoms with Crippen LogP contribution in [0.3, 0.4) is 0 Å². The van der Waals surface area contributed by atoms with E-state index in [9.17, 15) is 0 Å². The van der Waals surface area contributed by atoms with E-state index in [1.165, 1.54) is 49.8 Å². The van der Waals surface area contributed by atoms with Crippen LogP contribution in [0.25, 0.3) is 63.2 Å². The first-order valence-corrected chi connectivity index (χ1v) is 34.4. The highest BCUT2D eigenvalue weighted by Gasteiger charge is 2.21. The van der Waals surface area contributed by atoms with Gasteiger partial charge < -0.3 is 38.6 Å². The Morgan fingerprint density at radius 1 is 0.640 bits per heavy atom. The van der Waals surface area contributed by atoms with Crippen molar-refractivity contribution in [2.24, 2.45) is 0 Å². The fourth-order valence-corrected chi connectivity index (χ4v) is 10.2. The fraction of sp³-hybridized carbons (Fsp3) is 0.481. The molecule has 2 atom stereocenters. The highest BCUT2D eigenvalue weighted by Crippen LogP contribution is 2.38. The molecule has 6 bridgehead atoms. The van der Waals surface area contributed by atoms with Gasteiger partial charge in [0.15, 0.2) is 0 Å². The van der Waals surface area contributed by atoms with E-state index < -0.39 is 0 Å². The minimum atomic E-state index is -0.0424. The summed E-state index contributed by atoms with van der Waals surface area (Å²) >= 11 is 9.28. The van der Waals surface area contributed by atoms with E-state index in [2.05, 4.69) is 244 Å². The van der Waals surface area contributed by atoms with Gasteiger partial charge in [-0.25, -0.2) is 9.97 Å². The van der Waals surface area contributed by atoms with E-state index >= 15 is 0 Å².